The van der Waals surface area contributed by atoms with E-state index in [9.17, 15) is 0 Å². The summed E-state index contributed by atoms with van der Waals surface area (Å²) in [6.45, 7) is 4.68. The normalized spacial score (nSPS) is 12.8. The summed E-state index contributed by atoms with van der Waals surface area (Å²) in [6, 6.07) is 97.5. The van der Waals surface area contributed by atoms with Crippen LogP contribution in [-0.2, 0) is 5.41 Å². The quantitative estimate of drug-likeness (QED) is 0.149. The lowest BCUT2D eigenvalue weighted by atomic mass is 9.80. The molecule has 12 aromatic carbocycles. The molecule has 0 N–H and O–H groups in total. The Bertz CT molecular complexity index is 4970. The van der Waals surface area contributed by atoms with Crippen LogP contribution in [0.25, 0.3) is 144 Å². The summed E-state index contributed by atoms with van der Waals surface area (Å²) in [5, 5.41) is 8.12. The van der Waals surface area contributed by atoms with Crippen molar-refractivity contribution in [3.8, 4) is 78.5 Å². The molecule has 3 aromatic heterocycles. The first kappa shape index (κ1) is 45.1. The monoisotopic (exact) mass is 1010 g/mol. The van der Waals surface area contributed by atoms with E-state index in [0.29, 0.717) is 0 Å². The summed E-state index contributed by atoms with van der Waals surface area (Å²) in [4.78, 5) is 11.2. The molecule has 3 heterocycles. The minimum atomic E-state index is -0.238. The third-order valence-corrected chi connectivity index (χ3v) is 16.9. The smallest absolute Gasteiger partial charge is 0.160 e. The molecule has 0 fully saturated rings. The summed E-state index contributed by atoms with van der Waals surface area (Å²) >= 11 is 0. The Morgan fingerprint density at radius 1 is 0.304 bits per heavy atom. The van der Waals surface area contributed by atoms with Crippen LogP contribution in [0.3, 0.4) is 0 Å². The average Bonchev–Trinajstić information content (AvgIpc) is 4.34. The molecule has 1 aliphatic carbocycles. The number of fused-ring (bicyclic) bond motifs is 12. The second-order valence-electron chi connectivity index (χ2n) is 21.7. The molecule has 4 heteroatoms. The van der Waals surface area contributed by atoms with Crippen LogP contribution in [0.1, 0.15) is 25.0 Å². The van der Waals surface area contributed by atoms with Crippen LogP contribution in [0, 0.1) is 0 Å². The second-order valence-corrected chi connectivity index (χ2v) is 21.7. The first-order valence-electron chi connectivity index (χ1n) is 27.3. The third-order valence-electron chi connectivity index (χ3n) is 16.9. The van der Waals surface area contributed by atoms with Crippen molar-refractivity contribution >= 4 is 65.3 Å². The molecule has 1 aliphatic rings. The summed E-state index contributed by atoms with van der Waals surface area (Å²) in [7, 11) is 0. The van der Waals surface area contributed by atoms with E-state index in [4.69, 9.17) is 9.97 Å². The van der Waals surface area contributed by atoms with E-state index < -0.39 is 0 Å². The molecule has 0 bridgehead atoms. The van der Waals surface area contributed by atoms with Crippen LogP contribution in [0.2, 0.25) is 0 Å². The predicted molar refractivity (Wildman–Crippen MR) is 330 cm³/mol. The molecule has 15 aromatic rings. The van der Waals surface area contributed by atoms with E-state index in [1.54, 1.807) is 0 Å². The first-order valence-corrected chi connectivity index (χ1v) is 27.3. The lowest BCUT2D eigenvalue weighted by molar-refractivity contribution is 0.661. The highest BCUT2D eigenvalue weighted by Gasteiger charge is 2.38. The summed E-state index contributed by atoms with van der Waals surface area (Å²) in [5.74, 6) is 0.735. The number of aromatic nitrogens is 4. The first-order chi connectivity index (χ1) is 38.9. The van der Waals surface area contributed by atoms with Crippen LogP contribution < -0.4 is 0 Å². The van der Waals surface area contributed by atoms with Crippen molar-refractivity contribution in [2.45, 2.75) is 19.3 Å². The van der Waals surface area contributed by atoms with Gasteiger partial charge < -0.3 is 9.13 Å². The molecule has 0 unspecified atom stereocenters. The van der Waals surface area contributed by atoms with Gasteiger partial charge in [-0.05, 0) is 140 Å². The van der Waals surface area contributed by atoms with Gasteiger partial charge in [-0.2, -0.15) is 0 Å². The predicted octanol–water partition coefficient (Wildman–Crippen LogP) is 19.6. The molecule has 16 rings (SSSR count). The molecule has 0 atom stereocenters. The van der Waals surface area contributed by atoms with Gasteiger partial charge in [-0.15, -0.1) is 0 Å². The van der Waals surface area contributed by atoms with Crippen molar-refractivity contribution in [2.24, 2.45) is 0 Å². The number of nitrogens with zero attached hydrogens (tertiary/aromatic N) is 4. The Balaban J connectivity index is 0.888. The number of hydrogen-bond acceptors (Lipinski definition) is 2. The van der Waals surface area contributed by atoms with Gasteiger partial charge >= 0.3 is 0 Å². The molecule has 0 saturated heterocycles. The largest absolute Gasteiger partial charge is 0.309 e. The van der Waals surface area contributed by atoms with E-state index in [0.717, 1.165) is 72.3 Å². The van der Waals surface area contributed by atoms with Crippen molar-refractivity contribution in [2.75, 3.05) is 0 Å². The SMILES string of the molecule is CC1(C)c2ccccc2-c2cccc(-c3nc(-c4cccc(-n5c6ccc(-c7ccccc7)cc6c6cc(-c7ccc8c(c7)c7cc(-c9ccccc9)ccc7n8-c7ccccc7)ccc65)c4)c4ccc5ccccc5c4n3)c21. The molecule has 0 aliphatic heterocycles. The highest BCUT2D eigenvalue weighted by atomic mass is 15.0. The van der Waals surface area contributed by atoms with E-state index in [2.05, 4.69) is 290 Å². The fraction of sp³-hybridized carbons (Fsp3) is 0.0400. The molecule has 0 saturated carbocycles. The molecule has 79 heavy (non-hydrogen) atoms. The molecule has 0 spiro atoms. The van der Waals surface area contributed by atoms with E-state index >= 15 is 0 Å². The van der Waals surface area contributed by atoms with E-state index in [-0.39, 0.29) is 5.41 Å². The van der Waals surface area contributed by atoms with Crippen molar-refractivity contribution < 1.29 is 0 Å². The Morgan fingerprint density at radius 2 is 0.772 bits per heavy atom. The fourth-order valence-electron chi connectivity index (χ4n) is 13.2. The molecular formula is C75H50N4. The number of para-hydroxylation sites is 1. The lowest BCUT2D eigenvalue weighted by Gasteiger charge is -2.24. The molecule has 370 valence electrons. The Morgan fingerprint density at radius 3 is 1.39 bits per heavy atom. The maximum atomic E-state index is 5.65. The number of benzene rings is 12. The maximum absolute atomic E-state index is 5.65. The number of rotatable bonds is 7. The van der Waals surface area contributed by atoms with Crippen LogP contribution in [0.15, 0.2) is 267 Å². The van der Waals surface area contributed by atoms with Crippen molar-refractivity contribution in [3.05, 3.63) is 278 Å². The molecule has 0 radical (unpaired) electrons. The van der Waals surface area contributed by atoms with Crippen LogP contribution in [0.4, 0.5) is 0 Å². The highest BCUT2D eigenvalue weighted by Crippen LogP contribution is 2.52. The van der Waals surface area contributed by atoms with Gasteiger partial charge in [0.1, 0.15) is 0 Å². The lowest BCUT2D eigenvalue weighted by Crippen LogP contribution is -2.16. The zero-order chi connectivity index (χ0) is 52.3. The van der Waals surface area contributed by atoms with Gasteiger partial charge in [0.15, 0.2) is 5.82 Å². The summed E-state index contributed by atoms with van der Waals surface area (Å²) in [6.07, 6.45) is 0. The van der Waals surface area contributed by atoms with Gasteiger partial charge in [0.05, 0.1) is 33.3 Å². The van der Waals surface area contributed by atoms with Crippen LogP contribution in [0.5, 0.6) is 0 Å². The standard InChI is InChI=1S/C75H50N4/c1-75(2)66-31-15-14-28-58(66)59-29-17-30-60(71(59)75)74-76-72(61-37-32-49-22-12-13-27-57(49)73(61)77-74)54-23-16-26-56(42-54)79-69-39-34-51(48-20-8-4-9-21-48)44-63(69)65-46-53(36-41-70(65)79)52-35-40-68-64(45-52)62-43-50(47-18-6-3-7-19-47)33-38-67(62)78(68)55-24-10-5-11-25-55/h3-46H,1-2H3. The zero-order valence-electron chi connectivity index (χ0n) is 43.7. The molecule has 0 amide bonds. The van der Waals surface area contributed by atoms with Crippen molar-refractivity contribution in [3.63, 3.8) is 0 Å². The van der Waals surface area contributed by atoms with Crippen molar-refractivity contribution in [1.29, 1.82) is 0 Å². The van der Waals surface area contributed by atoms with Crippen LogP contribution in [-0.4, -0.2) is 19.1 Å². The average molecular weight is 1010 g/mol. The fourth-order valence-corrected chi connectivity index (χ4v) is 13.2. The second kappa shape index (κ2) is 17.4. The van der Waals surface area contributed by atoms with Gasteiger partial charge in [-0.3, -0.25) is 0 Å². The maximum Gasteiger partial charge on any atom is 0.160 e. The Labute approximate surface area is 457 Å². The van der Waals surface area contributed by atoms with Crippen LogP contribution >= 0.6 is 0 Å². The van der Waals surface area contributed by atoms with Gasteiger partial charge in [0, 0.05) is 60.2 Å². The zero-order valence-corrected chi connectivity index (χ0v) is 43.7. The molecule has 4 nitrogen and oxygen atoms in total. The minimum Gasteiger partial charge on any atom is -0.309 e. The van der Waals surface area contributed by atoms with Gasteiger partial charge in [0.2, 0.25) is 0 Å². The third kappa shape index (κ3) is 7.01. The summed E-state index contributed by atoms with van der Waals surface area (Å²) < 4.78 is 4.85. The van der Waals surface area contributed by atoms with E-state index in [1.165, 1.54) is 82.6 Å². The minimum absolute atomic E-state index is 0.238. The number of hydrogen-bond donors (Lipinski definition) is 0. The Hall–Kier alpha value is -10.2. The van der Waals surface area contributed by atoms with Gasteiger partial charge in [0.25, 0.3) is 0 Å². The van der Waals surface area contributed by atoms with Crippen molar-refractivity contribution in [1.82, 2.24) is 19.1 Å². The van der Waals surface area contributed by atoms with Gasteiger partial charge in [-0.1, -0.05) is 202 Å². The molecular weight excluding hydrogens is 957 g/mol. The Kier molecular flexibility index (Phi) is 9.95. The highest BCUT2D eigenvalue weighted by molar-refractivity contribution is 6.15. The van der Waals surface area contributed by atoms with Gasteiger partial charge in [-0.25, -0.2) is 9.97 Å². The topological polar surface area (TPSA) is 35.6 Å². The summed E-state index contributed by atoms with van der Waals surface area (Å²) in [5.41, 5.74) is 22.8. The van der Waals surface area contributed by atoms with E-state index in [1.807, 2.05) is 0 Å².